The van der Waals surface area contributed by atoms with E-state index in [1.807, 2.05) is 0 Å². The number of Topliss-reactive ketones (excluding diaryl/α,β-unsaturated/α-hetero) is 1. The molecule has 1 aromatic carbocycles. The van der Waals surface area contributed by atoms with E-state index >= 15 is 0 Å². The molecule has 0 aliphatic carbocycles. The van der Waals surface area contributed by atoms with E-state index in [-0.39, 0.29) is 24.5 Å². The van der Waals surface area contributed by atoms with Crippen molar-refractivity contribution >= 4 is 23.4 Å². The normalized spacial score (nSPS) is 11.2. The fraction of sp³-hybridized carbons (Fsp3) is 0.385. The van der Waals surface area contributed by atoms with Crippen LogP contribution in [0.4, 0.5) is 13.2 Å². The van der Waals surface area contributed by atoms with Gasteiger partial charge in [-0.05, 0) is 13.0 Å². The van der Waals surface area contributed by atoms with E-state index in [0.717, 1.165) is 18.2 Å². The van der Waals surface area contributed by atoms with Crippen molar-refractivity contribution in [2.45, 2.75) is 19.5 Å². The molecule has 0 heterocycles. The number of carbonyl (C=O) groups is 2. The first-order valence-electron chi connectivity index (χ1n) is 5.79. The lowest BCUT2D eigenvalue weighted by molar-refractivity contribution is -0.138. The van der Waals surface area contributed by atoms with Gasteiger partial charge in [-0.1, -0.05) is 12.1 Å². The van der Waals surface area contributed by atoms with Gasteiger partial charge in [0, 0.05) is 17.9 Å². The lowest BCUT2D eigenvalue weighted by atomic mass is 9.96. The fourth-order valence-electron chi connectivity index (χ4n) is 1.66. The van der Waals surface area contributed by atoms with Gasteiger partial charge < -0.3 is 4.74 Å². The maximum Gasteiger partial charge on any atom is 0.417 e. The Labute approximate surface area is 118 Å². The summed E-state index contributed by atoms with van der Waals surface area (Å²) < 4.78 is 43.4. The standard InChI is InChI=1S/C13H12ClF3O3/c1-2-20-12(19)11-8(10(18)6-7-14)4-3-5-9(11)13(15,16)17/h3-5H,2,6-7H2,1H3. The van der Waals surface area contributed by atoms with E-state index in [4.69, 9.17) is 11.6 Å². The van der Waals surface area contributed by atoms with Crippen LogP contribution in [0, 0.1) is 0 Å². The Morgan fingerprint density at radius 2 is 1.95 bits per heavy atom. The Kier molecular flexibility index (Phi) is 5.56. The van der Waals surface area contributed by atoms with Crippen LogP contribution < -0.4 is 0 Å². The molecule has 0 N–H and O–H groups in total. The number of benzene rings is 1. The second-order valence-corrected chi connectivity index (χ2v) is 4.19. The summed E-state index contributed by atoms with van der Waals surface area (Å²) in [6.45, 7) is 1.38. The largest absolute Gasteiger partial charge is 0.462 e. The van der Waals surface area contributed by atoms with E-state index in [1.165, 1.54) is 6.92 Å². The van der Waals surface area contributed by atoms with E-state index in [0.29, 0.717) is 0 Å². The summed E-state index contributed by atoms with van der Waals surface area (Å²) in [4.78, 5) is 23.5. The van der Waals surface area contributed by atoms with Crippen LogP contribution in [0.1, 0.15) is 39.6 Å². The van der Waals surface area contributed by atoms with Crippen molar-refractivity contribution in [2.75, 3.05) is 12.5 Å². The molecule has 0 spiro atoms. The van der Waals surface area contributed by atoms with Crippen molar-refractivity contribution in [1.82, 2.24) is 0 Å². The second-order valence-electron chi connectivity index (χ2n) is 3.81. The topological polar surface area (TPSA) is 43.4 Å². The number of hydrogen-bond acceptors (Lipinski definition) is 3. The van der Waals surface area contributed by atoms with Gasteiger partial charge in [0.15, 0.2) is 5.78 Å². The van der Waals surface area contributed by atoms with Gasteiger partial charge in [-0.15, -0.1) is 11.6 Å². The maximum absolute atomic E-state index is 12.9. The molecule has 0 saturated carbocycles. The number of esters is 1. The molecule has 110 valence electrons. The van der Waals surface area contributed by atoms with Gasteiger partial charge in [0.1, 0.15) is 0 Å². The van der Waals surface area contributed by atoms with E-state index in [1.54, 1.807) is 0 Å². The van der Waals surface area contributed by atoms with Crippen molar-refractivity contribution in [1.29, 1.82) is 0 Å². The van der Waals surface area contributed by atoms with Crippen molar-refractivity contribution < 1.29 is 27.5 Å². The third-order valence-corrected chi connectivity index (χ3v) is 2.66. The lowest BCUT2D eigenvalue weighted by Gasteiger charge is -2.15. The summed E-state index contributed by atoms with van der Waals surface area (Å²) in [5.74, 6) is -1.84. The molecule has 0 radical (unpaired) electrons. The van der Waals surface area contributed by atoms with Gasteiger partial charge in [0.25, 0.3) is 0 Å². The summed E-state index contributed by atoms with van der Waals surface area (Å²) in [5, 5.41) is 0. The van der Waals surface area contributed by atoms with E-state index in [9.17, 15) is 22.8 Å². The molecule has 1 aromatic rings. The monoisotopic (exact) mass is 308 g/mol. The molecule has 3 nitrogen and oxygen atoms in total. The van der Waals surface area contributed by atoms with Gasteiger partial charge in [0.2, 0.25) is 0 Å². The second kappa shape index (κ2) is 6.74. The molecular formula is C13H12ClF3O3. The van der Waals surface area contributed by atoms with Crippen LogP contribution in [0.2, 0.25) is 0 Å². The first-order chi connectivity index (χ1) is 9.32. The Hall–Kier alpha value is -1.56. The first kappa shape index (κ1) is 16.5. The summed E-state index contributed by atoms with van der Waals surface area (Å²) in [6, 6.07) is 2.98. The zero-order valence-electron chi connectivity index (χ0n) is 10.6. The molecule has 0 aliphatic heterocycles. The third-order valence-electron chi connectivity index (χ3n) is 2.47. The minimum Gasteiger partial charge on any atom is -0.462 e. The molecule has 0 saturated heterocycles. The summed E-state index contributed by atoms with van der Waals surface area (Å²) >= 11 is 5.41. The van der Waals surface area contributed by atoms with Crippen LogP contribution in [-0.4, -0.2) is 24.2 Å². The molecule has 0 aromatic heterocycles. The molecule has 0 atom stereocenters. The van der Waals surface area contributed by atoms with Gasteiger partial charge >= 0.3 is 12.1 Å². The number of hydrogen-bond donors (Lipinski definition) is 0. The van der Waals surface area contributed by atoms with Crippen LogP contribution in [0.5, 0.6) is 0 Å². The summed E-state index contributed by atoms with van der Waals surface area (Å²) in [7, 11) is 0. The van der Waals surface area contributed by atoms with E-state index < -0.39 is 29.1 Å². The Balaban J connectivity index is 3.44. The van der Waals surface area contributed by atoms with Crippen molar-refractivity contribution in [3.05, 3.63) is 34.9 Å². The van der Waals surface area contributed by atoms with Gasteiger partial charge in [-0.25, -0.2) is 4.79 Å². The molecular weight excluding hydrogens is 297 g/mol. The average Bonchev–Trinajstić information content (AvgIpc) is 2.37. The first-order valence-corrected chi connectivity index (χ1v) is 6.32. The third kappa shape index (κ3) is 3.72. The fourth-order valence-corrected chi connectivity index (χ4v) is 1.84. The molecule has 0 amide bonds. The molecule has 7 heteroatoms. The summed E-state index contributed by atoms with van der Waals surface area (Å²) in [5.41, 5.74) is -2.26. The SMILES string of the molecule is CCOC(=O)c1c(C(=O)CCCl)cccc1C(F)(F)F. The summed E-state index contributed by atoms with van der Waals surface area (Å²) in [6.07, 6.45) is -4.91. The highest BCUT2D eigenvalue weighted by Crippen LogP contribution is 2.34. The molecule has 0 aliphatic rings. The molecule has 1 rings (SSSR count). The number of ketones is 1. The minimum absolute atomic E-state index is 0.0443. The van der Waals surface area contributed by atoms with Crippen LogP contribution in [-0.2, 0) is 10.9 Å². The highest BCUT2D eigenvalue weighted by atomic mass is 35.5. The lowest BCUT2D eigenvalue weighted by Crippen LogP contribution is -2.19. The highest BCUT2D eigenvalue weighted by molar-refractivity contribution is 6.20. The minimum atomic E-state index is -4.75. The molecule has 0 unspecified atom stereocenters. The van der Waals surface area contributed by atoms with Gasteiger partial charge in [0.05, 0.1) is 17.7 Å². The van der Waals surface area contributed by atoms with E-state index in [2.05, 4.69) is 4.74 Å². The Morgan fingerprint density at radius 3 is 2.45 bits per heavy atom. The van der Waals surface area contributed by atoms with Crippen molar-refractivity contribution in [3.8, 4) is 0 Å². The molecule has 0 fully saturated rings. The van der Waals surface area contributed by atoms with Gasteiger partial charge in [-0.2, -0.15) is 13.2 Å². The smallest absolute Gasteiger partial charge is 0.417 e. The van der Waals surface area contributed by atoms with Crippen LogP contribution in [0.25, 0.3) is 0 Å². The van der Waals surface area contributed by atoms with Crippen LogP contribution in [0.3, 0.4) is 0 Å². The molecule has 0 bridgehead atoms. The average molecular weight is 309 g/mol. The Morgan fingerprint density at radius 1 is 1.30 bits per heavy atom. The highest BCUT2D eigenvalue weighted by Gasteiger charge is 2.37. The maximum atomic E-state index is 12.9. The Bertz CT molecular complexity index is 512. The number of carbonyl (C=O) groups excluding carboxylic acids is 2. The zero-order chi connectivity index (χ0) is 15.3. The number of halogens is 4. The number of ether oxygens (including phenoxy) is 1. The van der Waals surface area contributed by atoms with Crippen molar-refractivity contribution in [3.63, 3.8) is 0 Å². The predicted molar refractivity (Wildman–Crippen MR) is 67.1 cm³/mol. The molecule has 20 heavy (non-hydrogen) atoms. The zero-order valence-corrected chi connectivity index (χ0v) is 11.3. The predicted octanol–water partition coefficient (Wildman–Crippen LogP) is 3.69. The van der Waals surface area contributed by atoms with Crippen molar-refractivity contribution in [2.24, 2.45) is 0 Å². The van der Waals surface area contributed by atoms with Crippen LogP contribution in [0.15, 0.2) is 18.2 Å². The number of alkyl halides is 4. The number of rotatable bonds is 5. The quantitative estimate of drug-likeness (QED) is 0.473. The van der Waals surface area contributed by atoms with Gasteiger partial charge in [-0.3, -0.25) is 4.79 Å². The van der Waals surface area contributed by atoms with Crippen LogP contribution >= 0.6 is 11.6 Å².